The lowest BCUT2D eigenvalue weighted by atomic mass is 9.86. The van der Waals surface area contributed by atoms with Crippen molar-refractivity contribution in [2.75, 3.05) is 11.5 Å². The van der Waals surface area contributed by atoms with E-state index in [1.54, 1.807) is 42.5 Å². The molecule has 1 aromatic carbocycles. The fourth-order valence-electron chi connectivity index (χ4n) is 2.39. The molecule has 0 bridgehead atoms. The number of anilines is 2. The maximum Gasteiger partial charge on any atom is 0.214 e. The summed E-state index contributed by atoms with van der Waals surface area (Å²) in [6.07, 6.45) is 5.14. The van der Waals surface area contributed by atoms with Gasteiger partial charge in [0, 0.05) is 5.56 Å². The van der Waals surface area contributed by atoms with Gasteiger partial charge in [-0.2, -0.15) is 5.26 Å². The Hall–Kier alpha value is -3.13. The molecule has 1 atom stereocenters. The number of nitriles is 1. The van der Waals surface area contributed by atoms with Crippen molar-refractivity contribution in [3.05, 3.63) is 47.2 Å². The maximum absolute atomic E-state index is 9.90. The molecule has 1 heterocycles. The van der Waals surface area contributed by atoms with Gasteiger partial charge in [-0.1, -0.05) is 24.3 Å². The molecule has 0 saturated heterocycles. The van der Waals surface area contributed by atoms with Crippen LogP contribution in [0, 0.1) is 17.2 Å². The molecule has 0 fully saturated rings. The van der Waals surface area contributed by atoms with Gasteiger partial charge in [0.05, 0.1) is 17.6 Å². The maximum atomic E-state index is 9.90. The first kappa shape index (κ1) is 12.9. The molecule has 5 N–H and O–H groups in total. The van der Waals surface area contributed by atoms with Crippen molar-refractivity contribution in [3.8, 4) is 11.8 Å². The zero-order valence-electron chi connectivity index (χ0n) is 11.1. The molecule has 5 heteroatoms. The number of hydrogen-bond acceptors (Lipinski definition) is 5. The first-order valence-corrected chi connectivity index (χ1v) is 6.37. The van der Waals surface area contributed by atoms with Crippen molar-refractivity contribution in [2.45, 2.75) is 0 Å². The minimum Gasteiger partial charge on any atom is -0.507 e. The van der Waals surface area contributed by atoms with Crippen LogP contribution in [0.5, 0.6) is 5.75 Å². The molecule has 2 aromatic rings. The van der Waals surface area contributed by atoms with Crippen LogP contribution >= 0.6 is 0 Å². The van der Waals surface area contributed by atoms with E-state index in [4.69, 9.17) is 15.9 Å². The predicted molar refractivity (Wildman–Crippen MR) is 81.6 cm³/mol. The molecule has 104 valence electrons. The minimum absolute atomic E-state index is 0.131. The second-order valence-electron chi connectivity index (χ2n) is 4.74. The highest BCUT2D eigenvalue weighted by atomic mass is 16.4. The van der Waals surface area contributed by atoms with Gasteiger partial charge in [0.1, 0.15) is 17.2 Å². The molecule has 1 unspecified atom stereocenters. The number of para-hydroxylation sites is 1. The van der Waals surface area contributed by atoms with Crippen LogP contribution in [0.1, 0.15) is 16.9 Å². The summed E-state index contributed by atoms with van der Waals surface area (Å²) in [7, 11) is 0. The van der Waals surface area contributed by atoms with Gasteiger partial charge in [0.25, 0.3) is 0 Å². The Morgan fingerprint density at radius 3 is 2.76 bits per heavy atom. The third-order valence-electron chi connectivity index (χ3n) is 3.45. The summed E-state index contributed by atoms with van der Waals surface area (Å²) >= 11 is 0. The summed E-state index contributed by atoms with van der Waals surface area (Å²) < 4.78 is 5.38. The summed E-state index contributed by atoms with van der Waals surface area (Å²) in [6, 6.07) is 9.08. The summed E-state index contributed by atoms with van der Waals surface area (Å²) in [5, 5.41) is 19.2. The summed E-state index contributed by atoms with van der Waals surface area (Å²) in [5.74, 6) is 0.314. The van der Waals surface area contributed by atoms with Crippen LogP contribution in [0.15, 0.2) is 34.8 Å². The number of benzene rings is 1. The number of allylic oxidation sites excluding steroid dienone is 2. The molecular formula is C16H13N3O2. The Morgan fingerprint density at radius 2 is 2.05 bits per heavy atom. The fourth-order valence-corrected chi connectivity index (χ4v) is 2.39. The van der Waals surface area contributed by atoms with Crippen LogP contribution in [0.25, 0.3) is 17.7 Å². The highest BCUT2D eigenvalue weighted by Gasteiger charge is 2.27. The van der Waals surface area contributed by atoms with Crippen molar-refractivity contribution >= 4 is 29.3 Å². The van der Waals surface area contributed by atoms with Crippen LogP contribution in [0.4, 0.5) is 11.6 Å². The van der Waals surface area contributed by atoms with E-state index in [0.29, 0.717) is 28.1 Å². The number of nitrogens with zero attached hydrogens (tertiary/aromatic N) is 1. The van der Waals surface area contributed by atoms with Gasteiger partial charge in [0.2, 0.25) is 5.88 Å². The SMILES string of the molecule is N#CC1C=Cc2oc(N)c(N)c2C1=Cc1ccccc1O. The van der Waals surface area contributed by atoms with Gasteiger partial charge >= 0.3 is 0 Å². The molecule has 0 saturated carbocycles. The van der Waals surface area contributed by atoms with Gasteiger partial charge in [-0.25, -0.2) is 0 Å². The number of nitrogen functional groups attached to an aromatic ring is 2. The average molecular weight is 279 g/mol. The number of hydrogen-bond donors (Lipinski definition) is 3. The van der Waals surface area contributed by atoms with E-state index < -0.39 is 5.92 Å². The van der Waals surface area contributed by atoms with Crippen molar-refractivity contribution in [1.82, 2.24) is 0 Å². The van der Waals surface area contributed by atoms with Gasteiger partial charge in [-0.3, -0.25) is 0 Å². The minimum atomic E-state index is -0.476. The average Bonchev–Trinajstić information content (AvgIpc) is 2.77. The summed E-state index contributed by atoms with van der Waals surface area (Å²) in [6.45, 7) is 0. The van der Waals surface area contributed by atoms with Crippen LogP contribution in [0.3, 0.4) is 0 Å². The van der Waals surface area contributed by atoms with Crippen molar-refractivity contribution < 1.29 is 9.52 Å². The van der Waals surface area contributed by atoms with E-state index in [2.05, 4.69) is 6.07 Å². The molecule has 21 heavy (non-hydrogen) atoms. The Morgan fingerprint density at radius 1 is 1.29 bits per heavy atom. The quantitative estimate of drug-likeness (QED) is 0.743. The number of phenols is 1. The number of aromatic hydroxyl groups is 1. The molecular weight excluding hydrogens is 266 g/mol. The highest BCUT2D eigenvalue weighted by Crippen LogP contribution is 2.42. The van der Waals surface area contributed by atoms with Crippen LogP contribution in [-0.2, 0) is 0 Å². The molecule has 1 aromatic heterocycles. The molecule has 0 spiro atoms. The number of furan rings is 1. The molecule has 3 rings (SSSR count). The number of fused-ring (bicyclic) bond motifs is 1. The normalized spacial score (nSPS) is 18.4. The Balaban J connectivity index is 2.23. The van der Waals surface area contributed by atoms with Crippen LogP contribution in [0.2, 0.25) is 0 Å². The topological polar surface area (TPSA) is 109 Å². The lowest BCUT2D eigenvalue weighted by Gasteiger charge is -2.15. The second kappa shape index (κ2) is 4.76. The monoisotopic (exact) mass is 279 g/mol. The largest absolute Gasteiger partial charge is 0.507 e. The van der Waals surface area contributed by atoms with E-state index in [1.807, 2.05) is 0 Å². The number of nitrogens with two attached hydrogens (primary N) is 2. The van der Waals surface area contributed by atoms with Gasteiger partial charge < -0.3 is 21.0 Å². The lowest BCUT2D eigenvalue weighted by molar-refractivity contribution is 0.474. The third-order valence-corrected chi connectivity index (χ3v) is 3.45. The van der Waals surface area contributed by atoms with Gasteiger partial charge in [-0.15, -0.1) is 0 Å². The third kappa shape index (κ3) is 2.03. The van der Waals surface area contributed by atoms with E-state index >= 15 is 0 Å². The second-order valence-corrected chi connectivity index (χ2v) is 4.74. The predicted octanol–water partition coefficient (Wildman–Crippen LogP) is 2.86. The Bertz CT molecular complexity index is 809. The molecule has 0 amide bonds. The zero-order valence-corrected chi connectivity index (χ0v) is 11.1. The van der Waals surface area contributed by atoms with Gasteiger partial charge in [0.15, 0.2) is 0 Å². The van der Waals surface area contributed by atoms with E-state index in [9.17, 15) is 10.4 Å². The molecule has 1 aliphatic rings. The van der Waals surface area contributed by atoms with E-state index in [1.165, 1.54) is 0 Å². The van der Waals surface area contributed by atoms with Crippen molar-refractivity contribution in [3.63, 3.8) is 0 Å². The molecule has 5 nitrogen and oxygen atoms in total. The first-order chi connectivity index (χ1) is 10.1. The molecule has 0 aliphatic heterocycles. The number of phenolic OH excluding ortho intramolecular Hbond substituents is 1. The number of rotatable bonds is 1. The van der Waals surface area contributed by atoms with Crippen molar-refractivity contribution in [2.24, 2.45) is 5.92 Å². The van der Waals surface area contributed by atoms with Crippen LogP contribution in [-0.4, -0.2) is 5.11 Å². The summed E-state index contributed by atoms with van der Waals surface area (Å²) in [4.78, 5) is 0. The molecule has 0 radical (unpaired) electrons. The van der Waals surface area contributed by atoms with E-state index in [-0.39, 0.29) is 11.6 Å². The highest BCUT2D eigenvalue weighted by molar-refractivity contribution is 5.97. The first-order valence-electron chi connectivity index (χ1n) is 6.37. The smallest absolute Gasteiger partial charge is 0.214 e. The fraction of sp³-hybridized carbons (Fsp3) is 0.0625. The lowest BCUT2D eigenvalue weighted by Crippen LogP contribution is -2.05. The zero-order chi connectivity index (χ0) is 15.0. The van der Waals surface area contributed by atoms with Crippen LogP contribution < -0.4 is 11.5 Å². The van der Waals surface area contributed by atoms with E-state index in [0.717, 1.165) is 0 Å². The van der Waals surface area contributed by atoms with Gasteiger partial charge in [-0.05, 0) is 23.8 Å². The molecule has 1 aliphatic carbocycles. The summed E-state index contributed by atoms with van der Waals surface area (Å²) in [5.41, 5.74) is 13.9. The van der Waals surface area contributed by atoms with Crippen molar-refractivity contribution in [1.29, 1.82) is 5.26 Å². The Kier molecular flexibility index (Phi) is 2.92. The standard InChI is InChI=1S/C16H13N3O2/c17-8-10-5-6-13-14(15(18)16(19)21-13)11(10)7-9-3-1-2-4-12(9)20/h1-7,10,20H,18-19H2. The Labute approximate surface area is 121 Å².